The number of nitrogens with one attached hydrogen (secondary N) is 8. The summed E-state index contributed by atoms with van der Waals surface area (Å²) in [6, 6.07) is 0.450. The average molecular weight is 971 g/mol. The molecule has 8 amide bonds. The molecule has 10 atom stereocenters. The number of benzene rings is 1. The van der Waals surface area contributed by atoms with Crippen molar-refractivity contribution in [1.29, 1.82) is 0 Å². The van der Waals surface area contributed by atoms with E-state index in [1.54, 1.807) is 27.9 Å². The van der Waals surface area contributed by atoms with Gasteiger partial charge in [0.15, 0.2) is 0 Å². The molecule has 8 N–H and O–H groups in total. The summed E-state index contributed by atoms with van der Waals surface area (Å²) < 4.78 is 0. The number of hydrogen-bond acceptors (Lipinski definition) is 10. The first kappa shape index (κ1) is 53.7. The quantitative estimate of drug-likeness (QED) is 0.126. The van der Waals surface area contributed by atoms with E-state index in [0.29, 0.717) is 6.42 Å². The van der Waals surface area contributed by atoms with Crippen molar-refractivity contribution >= 4 is 47.3 Å². The molecule has 18 heteroatoms. The van der Waals surface area contributed by atoms with Gasteiger partial charge < -0.3 is 52.3 Å². The summed E-state index contributed by atoms with van der Waals surface area (Å²) in [4.78, 5) is 115. The normalized spacial score (nSPS) is 25.1. The molecule has 0 unspecified atom stereocenters. The second kappa shape index (κ2) is 22.6. The van der Waals surface area contributed by atoms with E-state index in [4.69, 9.17) is 0 Å². The van der Waals surface area contributed by atoms with Gasteiger partial charge in [-0.05, 0) is 125 Å². The van der Waals surface area contributed by atoms with Crippen molar-refractivity contribution in [1.82, 2.24) is 52.3 Å². The Hall–Kier alpha value is -5.62. The summed E-state index contributed by atoms with van der Waals surface area (Å²) in [6.07, 6.45) is 11.0. The van der Waals surface area contributed by atoms with Crippen molar-refractivity contribution in [3.05, 3.63) is 58.7 Å². The van der Waals surface area contributed by atoms with Gasteiger partial charge in [-0.3, -0.25) is 38.4 Å². The molecule has 0 spiro atoms. The lowest BCUT2D eigenvalue weighted by Crippen LogP contribution is -2.60. The third-order valence-corrected chi connectivity index (χ3v) is 14.8. The highest BCUT2D eigenvalue weighted by molar-refractivity contribution is 6.35. The number of amides is 8. The minimum Gasteiger partial charge on any atom is -0.348 e. The number of aryl methyl sites for hydroxylation is 1. The van der Waals surface area contributed by atoms with Crippen molar-refractivity contribution in [3.63, 3.8) is 0 Å². The second-order valence-corrected chi connectivity index (χ2v) is 22.1. The standard InChI is InChI=1S/C52H78N10O8/c1-29(53-9)43(63)59-41(51(3,4)5)49(69)61-27-33(25-39(61)45(65)57-37-23-15-19-31-17-11-13-21-35(31)37)55-47(67)48(68)56-34-26-40(46(66)58-38-24-16-20-32-18-12-14-22-36(32)38)62(28-34)50(70)42(52(6,7)8)60-44(64)30(2)54-10/h11-13,17-18,21,29-30,33-34,37-42,53-54H,14-16,19-20,22-28H2,1-10H3,(H,55,67)(H,56,68)(H,57,65)(H,58,66)(H,59,63)(H,60,64)/t29-,30-,33-,34-,37+,38+,39-,40-,41+,42+/m0/s1. The van der Waals surface area contributed by atoms with E-state index in [9.17, 15) is 38.4 Å². The first-order valence-electron chi connectivity index (χ1n) is 25.3. The summed E-state index contributed by atoms with van der Waals surface area (Å²) in [6.45, 7) is 14.1. The monoisotopic (exact) mass is 971 g/mol. The molecule has 2 aliphatic heterocycles. The van der Waals surface area contributed by atoms with Crippen LogP contribution in [0.2, 0.25) is 0 Å². The van der Waals surface area contributed by atoms with Gasteiger partial charge in [0.1, 0.15) is 24.2 Å². The Kier molecular flexibility index (Phi) is 17.4. The van der Waals surface area contributed by atoms with Crippen LogP contribution in [-0.2, 0) is 44.8 Å². The molecule has 2 saturated heterocycles. The van der Waals surface area contributed by atoms with Crippen LogP contribution in [0.3, 0.4) is 0 Å². The van der Waals surface area contributed by atoms with Gasteiger partial charge in [0.25, 0.3) is 0 Å². The zero-order chi connectivity index (χ0) is 51.2. The van der Waals surface area contributed by atoms with Crippen molar-refractivity contribution < 1.29 is 38.4 Å². The number of carbonyl (C=O) groups excluding carboxylic acids is 8. The molecule has 0 radical (unpaired) electrons. The number of hydrogen-bond donors (Lipinski definition) is 8. The minimum absolute atomic E-state index is 0.00215. The van der Waals surface area contributed by atoms with Crippen LogP contribution in [0.15, 0.2) is 47.6 Å². The first-order valence-corrected chi connectivity index (χ1v) is 25.3. The zero-order valence-electron chi connectivity index (χ0n) is 42.9. The maximum absolute atomic E-state index is 14.7. The Bertz CT molecular complexity index is 2230. The Morgan fingerprint density at radius 3 is 1.59 bits per heavy atom. The highest BCUT2D eigenvalue weighted by atomic mass is 16.2. The van der Waals surface area contributed by atoms with Gasteiger partial charge in [0, 0.05) is 25.2 Å². The molecule has 0 aromatic heterocycles. The number of carbonyl (C=O) groups is 8. The molecule has 6 rings (SSSR count). The van der Waals surface area contributed by atoms with E-state index in [1.807, 2.05) is 65.8 Å². The van der Waals surface area contributed by atoms with Gasteiger partial charge >= 0.3 is 11.8 Å². The number of fused-ring (bicyclic) bond motifs is 1. The molecule has 18 nitrogen and oxygen atoms in total. The lowest BCUT2D eigenvalue weighted by molar-refractivity contribution is -0.144. The molecule has 384 valence electrons. The van der Waals surface area contributed by atoms with Crippen LogP contribution in [0.4, 0.5) is 0 Å². The zero-order valence-corrected chi connectivity index (χ0v) is 42.9. The lowest BCUT2D eigenvalue weighted by Gasteiger charge is -2.36. The molecular formula is C52H78N10O8. The molecule has 2 heterocycles. The Morgan fingerprint density at radius 1 is 0.614 bits per heavy atom. The van der Waals surface area contributed by atoms with Crippen LogP contribution < -0.4 is 42.5 Å². The molecule has 5 aliphatic rings. The lowest BCUT2D eigenvalue weighted by atomic mass is 9.82. The number of nitrogens with zero attached hydrogens (tertiary/aromatic N) is 2. The van der Waals surface area contributed by atoms with Gasteiger partial charge in [0.2, 0.25) is 35.4 Å². The fourth-order valence-electron chi connectivity index (χ4n) is 10.4. The largest absolute Gasteiger partial charge is 0.348 e. The number of rotatable bonds is 14. The van der Waals surface area contributed by atoms with Crippen LogP contribution in [0.25, 0.3) is 0 Å². The van der Waals surface area contributed by atoms with Gasteiger partial charge in [-0.1, -0.05) is 78.0 Å². The maximum atomic E-state index is 14.7. The van der Waals surface area contributed by atoms with Gasteiger partial charge in [-0.15, -0.1) is 0 Å². The molecule has 1 aromatic rings. The summed E-state index contributed by atoms with van der Waals surface area (Å²) >= 11 is 0. The molecule has 0 saturated carbocycles. The van der Waals surface area contributed by atoms with E-state index < -0.39 is 101 Å². The second-order valence-electron chi connectivity index (χ2n) is 22.1. The van der Waals surface area contributed by atoms with Crippen LogP contribution in [0.1, 0.15) is 130 Å². The third kappa shape index (κ3) is 12.6. The predicted octanol–water partition coefficient (Wildman–Crippen LogP) is 1.94. The smallest absolute Gasteiger partial charge is 0.309 e. The summed E-state index contributed by atoms with van der Waals surface area (Å²) in [5.74, 6) is -4.59. The fourth-order valence-corrected chi connectivity index (χ4v) is 10.4. The topological polar surface area (TPSA) is 239 Å². The molecule has 70 heavy (non-hydrogen) atoms. The highest BCUT2D eigenvalue weighted by Gasteiger charge is 2.49. The van der Waals surface area contributed by atoms with Crippen LogP contribution >= 0.6 is 0 Å². The van der Waals surface area contributed by atoms with Crippen LogP contribution in [-0.4, -0.2) is 139 Å². The molecule has 2 fully saturated rings. The van der Waals surface area contributed by atoms with E-state index in [2.05, 4.69) is 54.7 Å². The van der Waals surface area contributed by atoms with Crippen molar-refractivity contribution in [2.45, 2.75) is 180 Å². The Morgan fingerprint density at radius 2 is 1.09 bits per heavy atom. The highest BCUT2D eigenvalue weighted by Crippen LogP contribution is 2.34. The fraction of sp³-hybridized carbons (Fsp3) is 0.654. The average Bonchev–Trinajstić information content (AvgIpc) is 3.95. The van der Waals surface area contributed by atoms with Gasteiger partial charge in [-0.25, -0.2) is 0 Å². The Balaban J connectivity index is 1.21. The van der Waals surface area contributed by atoms with Crippen molar-refractivity contribution in [3.8, 4) is 0 Å². The van der Waals surface area contributed by atoms with Crippen molar-refractivity contribution in [2.24, 2.45) is 10.8 Å². The van der Waals surface area contributed by atoms with Crippen molar-refractivity contribution in [2.75, 3.05) is 27.2 Å². The van der Waals surface area contributed by atoms with Gasteiger partial charge in [-0.2, -0.15) is 0 Å². The van der Waals surface area contributed by atoms with Crippen LogP contribution in [0.5, 0.6) is 0 Å². The molecule has 1 aromatic carbocycles. The predicted molar refractivity (Wildman–Crippen MR) is 265 cm³/mol. The number of likely N-dealkylation sites (tertiary alicyclic amines) is 2. The molecular weight excluding hydrogens is 893 g/mol. The van der Waals surface area contributed by atoms with Crippen LogP contribution in [0, 0.1) is 10.8 Å². The molecule has 0 bridgehead atoms. The van der Waals surface area contributed by atoms with E-state index in [1.165, 1.54) is 20.9 Å². The van der Waals surface area contributed by atoms with E-state index >= 15 is 0 Å². The first-order chi connectivity index (χ1) is 33.0. The molecule has 3 aliphatic carbocycles. The van der Waals surface area contributed by atoms with Gasteiger partial charge in [0.05, 0.1) is 24.2 Å². The Labute approximate surface area is 413 Å². The van der Waals surface area contributed by atoms with E-state index in [-0.39, 0.29) is 43.9 Å². The SMILES string of the molecule is CN[C@@H](C)C(=O)N[C@H](C(=O)N1C[C@@H](NC(=O)C(=O)N[C@H]2C[C@@H](C(=O)N[C@@H]3CCCc4ccccc43)N(C(=O)[C@@H](NC(=O)[C@H](C)NC)C(C)(C)C)C2)C[C@H]1C(=O)N[C@@H]1CCCC2=C1CCC=C2)C(C)(C)C. The third-order valence-electron chi connectivity index (χ3n) is 14.8. The summed E-state index contributed by atoms with van der Waals surface area (Å²) in [5.41, 5.74) is 3.02. The van der Waals surface area contributed by atoms with E-state index in [0.717, 1.165) is 56.1 Å². The number of likely N-dealkylation sites (N-methyl/N-ethyl adjacent to an activating group) is 2. The summed E-state index contributed by atoms with van der Waals surface area (Å²) in [7, 11) is 3.28. The number of allylic oxidation sites excluding steroid dienone is 3. The summed E-state index contributed by atoms with van der Waals surface area (Å²) in [5, 5.41) is 23.5. The maximum Gasteiger partial charge on any atom is 0.309 e. The minimum atomic E-state index is -1.04.